The monoisotopic (exact) mass is 467 g/mol. The van der Waals surface area contributed by atoms with Crippen LogP contribution >= 0.6 is 12.6 Å². The van der Waals surface area contributed by atoms with Crippen LogP contribution < -0.4 is 11.1 Å². The van der Waals surface area contributed by atoms with Gasteiger partial charge in [-0.15, -0.1) is 0 Å². The van der Waals surface area contributed by atoms with Gasteiger partial charge >= 0.3 is 0 Å². The number of nitrogens with two attached hydrogens (primary N) is 1. The maximum absolute atomic E-state index is 12.7. The van der Waals surface area contributed by atoms with Gasteiger partial charge in [0, 0.05) is 30.1 Å². The molecule has 0 saturated heterocycles. The Kier molecular flexibility index (Phi) is 15.8. The molecule has 0 aliphatic rings. The third-order valence-corrected chi connectivity index (χ3v) is 3.60. The van der Waals surface area contributed by atoms with E-state index in [4.69, 9.17) is 5.73 Å². The van der Waals surface area contributed by atoms with Crippen molar-refractivity contribution in [2.45, 2.75) is 20.3 Å². The summed E-state index contributed by atoms with van der Waals surface area (Å²) < 4.78 is 31.9. The number of halogens is 3. The highest BCUT2D eigenvalue weighted by atomic mass is 32.1. The number of alkyl halides is 3. The van der Waals surface area contributed by atoms with E-state index in [1.807, 2.05) is 19.9 Å². The Labute approximate surface area is 191 Å². The molecule has 0 radical (unpaired) electrons. The van der Waals surface area contributed by atoms with Crippen LogP contribution in [0.4, 0.5) is 24.7 Å². The largest absolute Gasteiger partial charge is 0.382 e. The number of hydrogen-bond donors (Lipinski definition) is 3. The first-order chi connectivity index (χ1) is 15.6. The van der Waals surface area contributed by atoms with Crippen LogP contribution in [0.1, 0.15) is 29.9 Å². The van der Waals surface area contributed by atoms with Crippen LogP contribution in [0, 0.1) is 0 Å². The molecule has 0 unspecified atom stereocenters. The maximum Gasteiger partial charge on any atom is 0.278 e. The molecular formula is C22H28F3N5OS. The molecule has 10 heteroatoms. The van der Waals surface area contributed by atoms with Gasteiger partial charge in [-0.2, -0.15) is 12.6 Å². The van der Waals surface area contributed by atoms with Gasteiger partial charge in [-0.25, -0.2) is 18.7 Å². The Morgan fingerprint density at radius 2 is 1.72 bits per heavy atom. The lowest BCUT2D eigenvalue weighted by atomic mass is 10.1. The van der Waals surface area contributed by atoms with Crippen LogP contribution in [-0.4, -0.2) is 40.7 Å². The summed E-state index contributed by atoms with van der Waals surface area (Å²) in [5, 5.41) is 2.73. The van der Waals surface area contributed by atoms with E-state index in [-0.39, 0.29) is 17.9 Å². The van der Waals surface area contributed by atoms with Crippen molar-refractivity contribution >= 4 is 30.0 Å². The Bertz CT molecular complexity index is 917. The maximum atomic E-state index is 12.7. The number of anilines is 2. The lowest BCUT2D eigenvalue weighted by Crippen LogP contribution is -2.18. The van der Waals surface area contributed by atoms with Crippen LogP contribution in [-0.2, 0) is 6.42 Å². The summed E-state index contributed by atoms with van der Waals surface area (Å²) in [5.74, 6) is -0.477. The van der Waals surface area contributed by atoms with Crippen molar-refractivity contribution < 1.29 is 18.0 Å². The zero-order valence-corrected chi connectivity index (χ0v) is 19.1. The molecule has 2 aromatic heterocycles. The number of para-hydroxylation sites is 1. The Hall–Kier alpha value is -3.14. The first kappa shape index (κ1) is 28.9. The molecule has 3 aromatic rings. The number of aryl methyl sites for hydroxylation is 1. The smallest absolute Gasteiger partial charge is 0.278 e. The predicted molar refractivity (Wildman–Crippen MR) is 127 cm³/mol. The quantitative estimate of drug-likeness (QED) is 0.441. The molecule has 0 fully saturated rings. The minimum absolute atomic E-state index is 0.0106. The molecule has 6 nitrogen and oxygen atoms in total. The fraction of sp³-hybridized carbons (Fsp3) is 0.273. The summed E-state index contributed by atoms with van der Waals surface area (Å²) in [4.78, 5) is 24.9. The van der Waals surface area contributed by atoms with Gasteiger partial charge in [-0.05, 0) is 30.0 Å². The van der Waals surface area contributed by atoms with E-state index < -0.39 is 19.5 Å². The first-order valence-electron chi connectivity index (χ1n) is 9.65. The molecule has 0 spiro atoms. The van der Waals surface area contributed by atoms with Crippen molar-refractivity contribution in [3.63, 3.8) is 0 Å². The van der Waals surface area contributed by atoms with Crippen molar-refractivity contribution in [3.8, 4) is 11.3 Å². The summed E-state index contributed by atoms with van der Waals surface area (Å²) in [6.45, 7) is 1.74. The second-order valence-electron chi connectivity index (χ2n) is 5.38. The number of thiol groups is 1. The number of nitrogens with one attached hydrogen (secondary N) is 1. The molecule has 174 valence electrons. The molecule has 3 N–H and O–H groups in total. The lowest BCUT2D eigenvalue weighted by molar-refractivity contribution is 0.102. The highest BCUT2D eigenvalue weighted by molar-refractivity contribution is 7.79. The summed E-state index contributed by atoms with van der Waals surface area (Å²) in [6.07, 6.45) is 6.66. The van der Waals surface area contributed by atoms with Gasteiger partial charge in [-0.3, -0.25) is 14.2 Å². The summed E-state index contributed by atoms with van der Waals surface area (Å²) in [5.41, 5.74) is 8.26. The Balaban J connectivity index is 0.00000124. The zero-order valence-electron chi connectivity index (χ0n) is 18.2. The lowest BCUT2D eigenvalue weighted by Gasteiger charge is -2.11. The molecule has 2 heterocycles. The molecular weight excluding hydrogens is 439 g/mol. The highest BCUT2D eigenvalue weighted by Gasteiger charge is 2.16. The summed E-state index contributed by atoms with van der Waals surface area (Å²) in [7, 11) is 0. The molecule has 0 bridgehead atoms. The number of nitrogens with zero attached hydrogens (tertiary/aromatic N) is 3. The summed E-state index contributed by atoms with van der Waals surface area (Å²) >= 11 is 3.53. The van der Waals surface area contributed by atoms with E-state index in [0.717, 1.165) is 5.56 Å². The van der Waals surface area contributed by atoms with Gasteiger partial charge in [0.2, 0.25) is 6.93 Å². The van der Waals surface area contributed by atoms with Gasteiger partial charge in [0.25, 0.3) is 5.91 Å². The molecule has 0 atom stereocenters. The van der Waals surface area contributed by atoms with Crippen LogP contribution in [0.5, 0.6) is 0 Å². The molecule has 1 aromatic carbocycles. The van der Waals surface area contributed by atoms with Crippen LogP contribution in [0.3, 0.4) is 0 Å². The zero-order chi connectivity index (χ0) is 24.4. The van der Waals surface area contributed by atoms with Gasteiger partial charge < -0.3 is 11.1 Å². The Morgan fingerprint density at radius 1 is 1.06 bits per heavy atom. The Morgan fingerprint density at radius 3 is 2.31 bits per heavy atom. The molecule has 0 saturated carbocycles. The average molecular weight is 468 g/mol. The summed E-state index contributed by atoms with van der Waals surface area (Å²) in [6, 6.07) is 10.6. The van der Waals surface area contributed by atoms with Crippen molar-refractivity contribution in [1.29, 1.82) is 0 Å². The average Bonchev–Trinajstić information content (AvgIpc) is 2.84. The fourth-order valence-corrected chi connectivity index (χ4v) is 2.36. The van der Waals surface area contributed by atoms with E-state index in [1.54, 1.807) is 49.0 Å². The van der Waals surface area contributed by atoms with Crippen molar-refractivity contribution in [2.24, 2.45) is 0 Å². The van der Waals surface area contributed by atoms with Crippen molar-refractivity contribution in [1.82, 2.24) is 15.0 Å². The van der Waals surface area contributed by atoms with E-state index in [9.17, 15) is 18.0 Å². The third-order valence-electron chi connectivity index (χ3n) is 3.60. The number of nitrogen functional groups attached to an aromatic ring is 1. The van der Waals surface area contributed by atoms with Crippen LogP contribution in [0.25, 0.3) is 11.3 Å². The standard InChI is InChI=1S/C18H16FN5O.C2H6.CH2F2.CH4S/c19-8-7-12-4-1-2-6-14(12)24-18(25)16-17(20)22-11-15(23-16)13-5-3-9-21-10-13;1-2;2-1-3;1-2/h1-6,9-11H,7-8H2,(H2,20,22)(H,24,25);1-2H3;1H2;2H,1H3. The minimum atomic E-state index is -1.75. The number of carbonyl (C=O) groups excluding carboxylic acids is 1. The second-order valence-corrected chi connectivity index (χ2v) is 5.38. The van der Waals surface area contributed by atoms with Crippen molar-refractivity contribution in [2.75, 3.05) is 30.9 Å². The number of aromatic nitrogens is 3. The number of carbonyl (C=O) groups is 1. The van der Waals surface area contributed by atoms with Gasteiger partial charge in [0.05, 0.1) is 18.6 Å². The van der Waals surface area contributed by atoms with Crippen molar-refractivity contribution in [3.05, 3.63) is 66.2 Å². The topological polar surface area (TPSA) is 93.8 Å². The predicted octanol–water partition coefficient (Wildman–Crippen LogP) is 5.34. The molecule has 0 aliphatic heterocycles. The normalized spacial score (nSPS) is 9.09. The van der Waals surface area contributed by atoms with E-state index >= 15 is 0 Å². The number of rotatable bonds is 5. The number of pyridine rings is 1. The third kappa shape index (κ3) is 9.34. The van der Waals surface area contributed by atoms with Gasteiger partial charge in [0.1, 0.15) is 0 Å². The fourth-order valence-electron chi connectivity index (χ4n) is 2.36. The van der Waals surface area contributed by atoms with Crippen LogP contribution in [0.15, 0.2) is 55.0 Å². The molecule has 3 rings (SSSR count). The van der Waals surface area contributed by atoms with Gasteiger partial charge in [0.15, 0.2) is 11.5 Å². The van der Waals surface area contributed by atoms with E-state index in [0.29, 0.717) is 16.9 Å². The number of hydrogen-bond acceptors (Lipinski definition) is 6. The van der Waals surface area contributed by atoms with Gasteiger partial charge in [-0.1, -0.05) is 32.0 Å². The number of amides is 1. The molecule has 0 aliphatic carbocycles. The molecule has 1 amide bonds. The second kappa shape index (κ2) is 17.5. The van der Waals surface area contributed by atoms with E-state index in [2.05, 4.69) is 32.9 Å². The SMILES string of the molecule is CC.CS.FCF.Nc1ncc(-c2cccnc2)nc1C(=O)Nc1ccccc1CCF. The first-order valence-corrected chi connectivity index (χ1v) is 10.5. The van der Waals surface area contributed by atoms with E-state index in [1.165, 1.54) is 6.20 Å². The highest BCUT2D eigenvalue weighted by Crippen LogP contribution is 2.20. The molecule has 32 heavy (non-hydrogen) atoms. The minimum Gasteiger partial charge on any atom is -0.382 e. The van der Waals surface area contributed by atoms with Crippen LogP contribution in [0.2, 0.25) is 0 Å². The number of benzene rings is 1.